The van der Waals surface area contributed by atoms with Crippen molar-refractivity contribution < 1.29 is 14.8 Å². The summed E-state index contributed by atoms with van der Waals surface area (Å²) in [6.07, 6.45) is 4.41. The van der Waals surface area contributed by atoms with E-state index in [0.29, 0.717) is 12.0 Å². The second-order valence-electron chi connectivity index (χ2n) is 5.67. The Morgan fingerprint density at radius 3 is 2.43 bits per heavy atom. The Morgan fingerprint density at radius 1 is 1.10 bits per heavy atom. The van der Waals surface area contributed by atoms with E-state index >= 15 is 0 Å². The van der Waals surface area contributed by atoms with Crippen LogP contribution in [0.3, 0.4) is 0 Å². The minimum Gasteiger partial charge on any atom is -0.349 e. The Morgan fingerprint density at radius 2 is 1.76 bits per heavy atom. The van der Waals surface area contributed by atoms with Gasteiger partial charge >= 0.3 is 0 Å². The van der Waals surface area contributed by atoms with Gasteiger partial charge in [-0.2, -0.15) is 0 Å². The van der Waals surface area contributed by atoms with E-state index in [1.165, 1.54) is 0 Å². The van der Waals surface area contributed by atoms with Crippen LogP contribution in [0.2, 0.25) is 0 Å². The van der Waals surface area contributed by atoms with Crippen molar-refractivity contribution in [2.75, 3.05) is 0 Å². The number of benzene rings is 1. The van der Waals surface area contributed by atoms with E-state index in [4.69, 9.17) is 5.21 Å². The molecule has 2 atom stereocenters. The number of hydrogen-bond acceptors (Lipinski definition) is 3. The van der Waals surface area contributed by atoms with Gasteiger partial charge in [0.05, 0.1) is 5.92 Å². The second kappa shape index (κ2) is 7.22. The third-order valence-corrected chi connectivity index (χ3v) is 4.09. The topological polar surface area (TPSA) is 78.4 Å². The molecule has 1 saturated carbocycles. The Labute approximate surface area is 124 Å². The highest BCUT2D eigenvalue weighted by Crippen LogP contribution is 2.24. The second-order valence-corrected chi connectivity index (χ2v) is 5.67. The van der Waals surface area contributed by atoms with Crippen LogP contribution in [0, 0.1) is 12.8 Å². The van der Waals surface area contributed by atoms with E-state index in [0.717, 1.165) is 31.2 Å². The summed E-state index contributed by atoms with van der Waals surface area (Å²) in [5.74, 6) is -0.948. The first kappa shape index (κ1) is 15.5. The summed E-state index contributed by atoms with van der Waals surface area (Å²) < 4.78 is 0. The summed E-state index contributed by atoms with van der Waals surface area (Å²) in [5.41, 5.74) is 3.41. The van der Waals surface area contributed by atoms with Gasteiger partial charge < -0.3 is 5.32 Å². The number of nitrogens with one attached hydrogen (secondary N) is 2. The molecule has 114 valence electrons. The number of carbonyl (C=O) groups excluding carboxylic acids is 2. The molecule has 5 heteroatoms. The van der Waals surface area contributed by atoms with Crippen molar-refractivity contribution in [3.63, 3.8) is 0 Å². The van der Waals surface area contributed by atoms with Gasteiger partial charge in [-0.1, -0.05) is 37.0 Å². The van der Waals surface area contributed by atoms with Crippen LogP contribution in [-0.2, 0) is 4.79 Å². The van der Waals surface area contributed by atoms with Gasteiger partial charge in [0.1, 0.15) is 0 Å². The Hall–Kier alpha value is -1.88. The summed E-state index contributed by atoms with van der Waals surface area (Å²) in [6.45, 7) is 1.97. The molecule has 1 aromatic rings. The number of hydroxylamine groups is 1. The van der Waals surface area contributed by atoms with Gasteiger partial charge in [0.15, 0.2) is 0 Å². The molecule has 0 heterocycles. The van der Waals surface area contributed by atoms with Crippen molar-refractivity contribution in [3.05, 3.63) is 35.4 Å². The molecule has 2 amide bonds. The molecule has 0 aliphatic heterocycles. The quantitative estimate of drug-likeness (QED) is 0.453. The molecule has 1 aromatic carbocycles. The number of rotatable bonds is 3. The monoisotopic (exact) mass is 290 g/mol. The fraction of sp³-hybridized carbons (Fsp3) is 0.500. The molecule has 1 aliphatic carbocycles. The molecule has 0 radical (unpaired) electrons. The molecule has 1 fully saturated rings. The molecule has 1 aliphatic rings. The highest BCUT2D eigenvalue weighted by atomic mass is 16.5. The molecular formula is C16H22N2O3. The lowest BCUT2D eigenvalue weighted by atomic mass is 9.93. The van der Waals surface area contributed by atoms with E-state index in [-0.39, 0.29) is 17.9 Å². The van der Waals surface area contributed by atoms with Crippen LogP contribution >= 0.6 is 0 Å². The maximum atomic E-state index is 12.3. The maximum absolute atomic E-state index is 12.3. The van der Waals surface area contributed by atoms with E-state index < -0.39 is 5.91 Å². The molecule has 2 unspecified atom stereocenters. The predicted molar refractivity (Wildman–Crippen MR) is 78.9 cm³/mol. The summed E-state index contributed by atoms with van der Waals surface area (Å²) in [6, 6.07) is 7.11. The van der Waals surface area contributed by atoms with Crippen molar-refractivity contribution in [1.29, 1.82) is 0 Å². The lowest BCUT2D eigenvalue weighted by Crippen LogP contribution is -2.45. The van der Waals surface area contributed by atoms with Crippen molar-refractivity contribution in [2.45, 2.75) is 45.1 Å². The molecular weight excluding hydrogens is 268 g/mol. The fourth-order valence-corrected chi connectivity index (χ4v) is 2.83. The van der Waals surface area contributed by atoms with Crippen molar-refractivity contribution >= 4 is 11.8 Å². The first-order valence-corrected chi connectivity index (χ1v) is 7.43. The zero-order valence-corrected chi connectivity index (χ0v) is 12.3. The summed E-state index contributed by atoms with van der Waals surface area (Å²) in [4.78, 5) is 24.1. The van der Waals surface area contributed by atoms with E-state index in [2.05, 4.69) is 5.32 Å². The molecule has 0 saturated heterocycles. The van der Waals surface area contributed by atoms with Crippen molar-refractivity contribution in [2.24, 2.45) is 5.92 Å². The molecule has 0 spiro atoms. The summed E-state index contributed by atoms with van der Waals surface area (Å²) >= 11 is 0. The summed E-state index contributed by atoms with van der Waals surface area (Å²) in [7, 11) is 0. The molecule has 3 N–H and O–H groups in total. The molecule has 0 aromatic heterocycles. The molecule has 21 heavy (non-hydrogen) atoms. The van der Waals surface area contributed by atoms with Gasteiger partial charge in [-0.15, -0.1) is 0 Å². The maximum Gasteiger partial charge on any atom is 0.251 e. The standard InChI is InChI=1S/C16H22N2O3/c1-11-7-9-12(10-8-11)15(19)17-14-6-4-2-3-5-13(14)16(20)18-21/h7-10,13-14,21H,2-6H2,1H3,(H,17,19)(H,18,20). The number of amides is 2. The Balaban J connectivity index is 2.08. The third kappa shape index (κ3) is 4.04. The van der Waals surface area contributed by atoms with Gasteiger partial charge in [0.25, 0.3) is 5.91 Å². The van der Waals surface area contributed by atoms with Crippen molar-refractivity contribution in [1.82, 2.24) is 10.8 Å². The minimum absolute atomic E-state index is 0.169. The van der Waals surface area contributed by atoms with Gasteiger partial charge in [-0.3, -0.25) is 14.8 Å². The van der Waals surface area contributed by atoms with Crippen LogP contribution in [-0.4, -0.2) is 23.1 Å². The predicted octanol–water partition coefficient (Wildman–Crippen LogP) is 2.18. The van der Waals surface area contributed by atoms with Crippen molar-refractivity contribution in [3.8, 4) is 0 Å². The Bertz CT molecular complexity index is 499. The van der Waals surface area contributed by atoms with E-state index in [1.807, 2.05) is 19.1 Å². The van der Waals surface area contributed by atoms with Crippen LogP contribution in [0.4, 0.5) is 0 Å². The largest absolute Gasteiger partial charge is 0.349 e. The number of hydrogen-bond donors (Lipinski definition) is 3. The van der Waals surface area contributed by atoms with Crippen LogP contribution in [0.1, 0.15) is 48.0 Å². The lowest BCUT2D eigenvalue weighted by molar-refractivity contribution is -0.134. The number of aryl methyl sites for hydroxylation is 1. The van der Waals surface area contributed by atoms with Gasteiger partial charge in [-0.25, -0.2) is 5.48 Å². The first-order valence-electron chi connectivity index (χ1n) is 7.43. The molecule has 2 rings (SSSR count). The normalized spacial score (nSPS) is 22.2. The highest BCUT2D eigenvalue weighted by molar-refractivity contribution is 5.94. The smallest absolute Gasteiger partial charge is 0.251 e. The zero-order chi connectivity index (χ0) is 15.2. The first-order chi connectivity index (χ1) is 10.1. The average Bonchev–Trinajstić information content (AvgIpc) is 2.72. The minimum atomic E-state index is -0.411. The van der Waals surface area contributed by atoms with Gasteiger partial charge in [0.2, 0.25) is 5.91 Å². The summed E-state index contributed by atoms with van der Waals surface area (Å²) in [5, 5.41) is 11.8. The van der Waals surface area contributed by atoms with Crippen LogP contribution in [0.5, 0.6) is 0 Å². The third-order valence-electron chi connectivity index (χ3n) is 4.09. The Kier molecular flexibility index (Phi) is 5.33. The molecule has 0 bridgehead atoms. The van der Waals surface area contributed by atoms with Crippen LogP contribution < -0.4 is 10.8 Å². The van der Waals surface area contributed by atoms with Crippen LogP contribution in [0.15, 0.2) is 24.3 Å². The van der Waals surface area contributed by atoms with E-state index in [1.54, 1.807) is 17.6 Å². The lowest BCUT2D eigenvalue weighted by Gasteiger charge is -2.24. The number of carbonyl (C=O) groups is 2. The van der Waals surface area contributed by atoms with Gasteiger partial charge in [0, 0.05) is 11.6 Å². The van der Waals surface area contributed by atoms with E-state index in [9.17, 15) is 9.59 Å². The average molecular weight is 290 g/mol. The highest BCUT2D eigenvalue weighted by Gasteiger charge is 2.30. The van der Waals surface area contributed by atoms with Gasteiger partial charge in [-0.05, 0) is 31.9 Å². The molecule has 5 nitrogen and oxygen atoms in total. The van der Waals surface area contributed by atoms with Crippen LogP contribution in [0.25, 0.3) is 0 Å². The fourth-order valence-electron chi connectivity index (χ4n) is 2.83. The SMILES string of the molecule is Cc1ccc(C(=O)NC2CCCCCC2C(=O)NO)cc1. The zero-order valence-electron chi connectivity index (χ0n) is 12.3.